The Morgan fingerprint density at radius 1 is 1.50 bits per heavy atom. The van der Waals surface area contributed by atoms with E-state index in [1.807, 2.05) is 6.92 Å². The van der Waals surface area contributed by atoms with Crippen LogP contribution in [0.25, 0.3) is 0 Å². The van der Waals surface area contributed by atoms with Crippen LogP contribution in [0.15, 0.2) is 5.38 Å². The third kappa shape index (κ3) is 7.22. The normalized spacial score (nSPS) is 12.7. The third-order valence-electron chi connectivity index (χ3n) is 2.85. The number of carbonyl (C=O) groups is 1. The third-order valence-corrected chi connectivity index (χ3v) is 3.76. The molecule has 0 radical (unpaired) electrons. The molecule has 4 nitrogen and oxygen atoms in total. The number of nitrogens with one attached hydrogen (secondary N) is 1. The summed E-state index contributed by atoms with van der Waals surface area (Å²) in [5, 5.41) is 5.73. The number of carbonyl (C=O) groups excluding carboxylic acids is 1. The lowest BCUT2D eigenvalue weighted by atomic mass is 9.89. The summed E-state index contributed by atoms with van der Waals surface area (Å²) in [7, 11) is 0. The van der Waals surface area contributed by atoms with E-state index >= 15 is 0 Å². The molecule has 6 heteroatoms. The van der Waals surface area contributed by atoms with E-state index in [4.69, 9.17) is 5.73 Å². The molecule has 0 saturated heterocycles. The van der Waals surface area contributed by atoms with Crippen molar-refractivity contribution in [3.8, 4) is 0 Å². The number of aromatic nitrogens is 1. The topological polar surface area (TPSA) is 68.0 Å². The summed E-state index contributed by atoms with van der Waals surface area (Å²) in [5.74, 6) is -0.0825. The van der Waals surface area contributed by atoms with Gasteiger partial charge in [-0.2, -0.15) is 0 Å². The Kier molecular flexibility index (Phi) is 8.32. The summed E-state index contributed by atoms with van der Waals surface area (Å²) in [6.45, 7) is 9.23. The van der Waals surface area contributed by atoms with Crippen molar-refractivity contribution in [1.82, 2.24) is 10.3 Å². The second-order valence-electron chi connectivity index (χ2n) is 6.14. The largest absolute Gasteiger partial charge is 0.348 e. The van der Waals surface area contributed by atoms with Crippen LogP contribution in [-0.2, 0) is 6.42 Å². The van der Waals surface area contributed by atoms with E-state index in [2.05, 4.69) is 31.1 Å². The van der Waals surface area contributed by atoms with E-state index < -0.39 is 0 Å². The lowest BCUT2D eigenvalue weighted by Crippen LogP contribution is -2.33. The average Bonchev–Trinajstić information content (AvgIpc) is 2.75. The number of amides is 1. The molecule has 0 fully saturated rings. The summed E-state index contributed by atoms with van der Waals surface area (Å²) < 4.78 is 0. The van der Waals surface area contributed by atoms with Crippen LogP contribution >= 0.6 is 23.7 Å². The van der Waals surface area contributed by atoms with Crippen LogP contribution in [0.3, 0.4) is 0 Å². The Bertz CT molecular complexity index is 415. The van der Waals surface area contributed by atoms with E-state index in [0.717, 1.165) is 24.3 Å². The molecule has 116 valence electrons. The molecule has 0 bridgehead atoms. The number of rotatable bonds is 6. The molecule has 3 N–H and O–H groups in total. The molecule has 1 atom stereocenters. The molecule has 20 heavy (non-hydrogen) atoms. The fourth-order valence-corrected chi connectivity index (χ4v) is 2.47. The van der Waals surface area contributed by atoms with Crippen LogP contribution in [0.1, 0.15) is 56.0 Å². The fourth-order valence-electron chi connectivity index (χ4n) is 1.67. The van der Waals surface area contributed by atoms with E-state index in [1.54, 1.807) is 5.38 Å². The van der Waals surface area contributed by atoms with E-state index in [0.29, 0.717) is 17.7 Å². The van der Waals surface area contributed by atoms with Crippen molar-refractivity contribution in [2.24, 2.45) is 11.1 Å². The summed E-state index contributed by atoms with van der Waals surface area (Å²) >= 11 is 1.50. The highest BCUT2D eigenvalue weighted by Gasteiger charge is 2.16. The van der Waals surface area contributed by atoms with Gasteiger partial charge >= 0.3 is 0 Å². The summed E-state index contributed by atoms with van der Waals surface area (Å²) in [4.78, 5) is 16.3. The molecule has 1 heterocycles. The fraction of sp³-hybridized carbons (Fsp3) is 0.714. The minimum atomic E-state index is -0.0825. The molecule has 0 aromatic carbocycles. The van der Waals surface area contributed by atoms with Crippen molar-refractivity contribution in [3.63, 3.8) is 0 Å². The van der Waals surface area contributed by atoms with Gasteiger partial charge in [0.05, 0.1) is 5.01 Å². The van der Waals surface area contributed by atoms with Gasteiger partial charge in [-0.25, -0.2) is 4.98 Å². The minimum absolute atomic E-state index is 0. The Morgan fingerprint density at radius 2 is 2.15 bits per heavy atom. The zero-order chi connectivity index (χ0) is 14.5. The average molecular weight is 320 g/mol. The van der Waals surface area contributed by atoms with Gasteiger partial charge in [0.15, 0.2) is 0 Å². The first-order valence-electron chi connectivity index (χ1n) is 6.77. The molecular weight excluding hydrogens is 294 g/mol. The molecule has 0 aliphatic heterocycles. The minimum Gasteiger partial charge on any atom is -0.348 e. The van der Waals surface area contributed by atoms with Crippen LogP contribution in [-0.4, -0.2) is 23.5 Å². The monoisotopic (exact) mass is 319 g/mol. The van der Waals surface area contributed by atoms with Gasteiger partial charge in [0.25, 0.3) is 5.91 Å². The van der Waals surface area contributed by atoms with Gasteiger partial charge in [0.2, 0.25) is 0 Å². The highest BCUT2D eigenvalue weighted by atomic mass is 35.5. The van der Waals surface area contributed by atoms with Gasteiger partial charge < -0.3 is 11.1 Å². The molecule has 0 aliphatic rings. The Morgan fingerprint density at radius 3 is 2.70 bits per heavy atom. The summed E-state index contributed by atoms with van der Waals surface area (Å²) in [6, 6.07) is 0.173. The summed E-state index contributed by atoms with van der Waals surface area (Å²) in [6.07, 6.45) is 2.80. The first-order chi connectivity index (χ1) is 8.81. The van der Waals surface area contributed by atoms with Crippen LogP contribution in [0.2, 0.25) is 0 Å². The molecule has 0 spiro atoms. The van der Waals surface area contributed by atoms with Gasteiger partial charge in [0.1, 0.15) is 5.69 Å². The number of halogens is 1. The second kappa shape index (κ2) is 8.60. The molecule has 1 aromatic rings. The van der Waals surface area contributed by atoms with Crippen LogP contribution in [0, 0.1) is 5.41 Å². The van der Waals surface area contributed by atoms with Gasteiger partial charge in [-0.3, -0.25) is 4.79 Å². The summed E-state index contributed by atoms with van der Waals surface area (Å²) in [5.41, 5.74) is 6.28. The zero-order valence-electron chi connectivity index (χ0n) is 12.7. The molecule has 1 amide bonds. The smallest absolute Gasteiger partial charge is 0.270 e. The lowest BCUT2D eigenvalue weighted by molar-refractivity contribution is 0.0931. The SMILES string of the molecule is CC(CCC(C)(C)C)NC(=O)c1csc(CCN)n1.Cl. The molecule has 0 saturated carbocycles. The van der Waals surface area contributed by atoms with Crippen molar-refractivity contribution >= 4 is 29.7 Å². The predicted octanol–water partition coefficient (Wildman–Crippen LogP) is 3.01. The molecule has 1 unspecified atom stereocenters. The number of hydrogen-bond donors (Lipinski definition) is 2. The Labute approximate surface area is 132 Å². The van der Waals surface area contributed by atoms with Gasteiger partial charge in [-0.05, 0) is 31.7 Å². The molecular formula is C14H26ClN3OS. The molecule has 0 aliphatic carbocycles. The first kappa shape index (κ1) is 19.4. The van der Waals surface area contributed by atoms with Crippen molar-refractivity contribution in [3.05, 3.63) is 16.1 Å². The van der Waals surface area contributed by atoms with Crippen molar-refractivity contribution < 1.29 is 4.79 Å². The first-order valence-corrected chi connectivity index (χ1v) is 7.65. The number of hydrogen-bond acceptors (Lipinski definition) is 4. The molecule has 1 rings (SSSR count). The van der Waals surface area contributed by atoms with Crippen molar-refractivity contribution in [1.29, 1.82) is 0 Å². The van der Waals surface area contributed by atoms with E-state index in [-0.39, 0.29) is 24.4 Å². The number of nitrogens with zero attached hydrogens (tertiary/aromatic N) is 1. The van der Waals surface area contributed by atoms with Crippen molar-refractivity contribution in [2.75, 3.05) is 6.54 Å². The van der Waals surface area contributed by atoms with Gasteiger partial charge in [-0.15, -0.1) is 23.7 Å². The highest BCUT2D eigenvalue weighted by Crippen LogP contribution is 2.21. The maximum atomic E-state index is 12.0. The predicted molar refractivity (Wildman–Crippen MR) is 87.7 cm³/mol. The van der Waals surface area contributed by atoms with E-state index in [1.165, 1.54) is 11.3 Å². The standard InChI is InChI=1S/C14H25N3OS.ClH/c1-10(5-7-14(2,3)4)16-13(18)11-9-19-12(17-11)6-8-15;/h9-10H,5-8,15H2,1-4H3,(H,16,18);1H. The van der Waals surface area contributed by atoms with Crippen LogP contribution in [0.5, 0.6) is 0 Å². The van der Waals surface area contributed by atoms with Gasteiger partial charge in [0, 0.05) is 17.8 Å². The molecule has 1 aromatic heterocycles. The number of nitrogens with two attached hydrogens (primary N) is 1. The Hall–Kier alpha value is -0.650. The van der Waals surface area contributed by atoms with Crippen molar-refractivity contribution in [2.45, 2.75) is 53.0 Å². The zero-order valence-corrected chi connectivity index (χ0v) is 14.4. The lowest BCUT2D eigenvalue weighted by Gasteiger charge is -2.21. The van der Waals surface area contributed by atoms with Crippen LogP contribution < -0.4 is 11.1 Å². The number of thiazole rings is 1. The van der Waals surface area contributed by atoms with E-state index in [9.17, 15) is 4.79 Å². The maximum absolute atomic E-state index is 12.0. The second-order valence-corrected chi connectivity index (χ2v) is 7.08. The Balaban J connectivity index is 0.00000361. The van der Waals surface area contributed by atoms with Gasteiger partial charge in [-0.1, -0.05) is 20.8 Å². The maximum Gasteiger partial charge on any atom is 0.270 e. The highest BCUT2D eigenvalue weighted by molar-refractivity contribution is 7.09. The van der Waals surface area contributed by atoms with Crippen LogP contribution in [0.4, 0.5) is 0 Å². The quantitative estimate of drug-likeness (QED) is 0.847.